The number of anilines is 1. The molecule has 1 aromatic rings. The Morgan fingerprint density at radius 2 is 1.89 bits per heavy atom. The topological polar surface area (TPSA) is 73.6 Å². The van der Waals surface area contributed by atoms with Crippen LogP contribution in [0, 0.1) is 6.92 Å². The first kappa shape index (κ1) is 11.3. The maximum atomic E-state index is 11.9. The lowest BCUT2D eigenvalue weighted by atomic mass is 10.1. The summed E-state index contributed by atoms with van der Waals surface area (Å²) in [5.41, 5.74) is 6.87. The standard InChI is InChI=1S/C13H16N2O3/c1-8-6-10-11(18-5-4-17-10)7-9(8)15-12(16)13(14)2-3-13/h6-7H,2-5,14H2,1H3,(H,15,16). The van der Waals surface area contributed by atoms with Crippen molar-refractivity contribution in [2.24, 2.45) is 5.73 Å². The molecule has 18 heavy (non-hydrogen) atoms. The monoisotopic (exact) mass is 248 g/mol. The van der Waals surface area contributed by atoms with Gasteiger partial charge < -0.3 is 20.5 Å². The van der Waals surface area contributed by atoms with Gasteiger partial charge in [0.1, 0.15) is 13.2 Å². The molecule has 3 rings (SSSR count). The lowest BCUT2D eigenvalue weighted by molar-refractivity contribution is -0.118. The van der Waals surface area contributed by atoms with Gasteiger partial charge in [-0.25, -0.2) is 0 Å². The summed E-state index contributed by atoms with van der Waals surface area (Å²) in [6.45, 7) is 3.01. The predicted molar refractivity (Wildman–Crippen MR) is 67.0 cm³/mol. The van der Waals surface area contributed by atoms with E-state index in [0.717, 1.165) is 29.8 Å². The van der Waals surface area contributed by atoms with E-state index in [1.54, 1.807) is 6.07 Å². The Morgan fingerprint density at radius 3 is 2.50 bits per heavy atom. The van der Waals surface area contributed by atoms with Gasteiger partial charge >= 0.3 is 0 Å². The van der Waals surface area contributed by atoms with Crippen LogP contribution in [0.1, 0.15) is 18.4 Å². The molecule has 2 aliphatic rings. The Hall–Kier alpha value is -1.75. The van der Waals surface area contributed by atoms with E-state index < -0.39 is 5.54 Å². The second-order valence-electron chi connectivity index (χ2n) is 4.92. The van der Waals surface area contributed by atoms with Crippen LogP contribution in [0.15, 0.2) is 12.1 Å². The van der Waals surface area contributed by atoms with Crippen molar-refractivity contribution in [3.63, 3.8) is 0 Å². The van der Waals surface area contributed by atoms with Gasteiger partial charge in [0.15, 0.2) is 11.5 Å². The molecule has 0 radical (unpaired) electrons. The van der Waals surface area contributed by atoms with E-state index in [-0.39, 0.29) is 5.91 Å². The highest BCUT2D eigenvalue weighted by atomic mass is 16.6. The van der Waals surface area contributed by atoms with Crippen LogP contribution < -0.4 is 20.5 Å². The van der Waals surface area contributed by atoms with Crippen LogP contribution in [-0.4, -0.2) is 24.7 Å². The number of ether oxygens (including phenoxy) is 2. The van der Waals surface area contributed by atoms with Gasteiger partial charge in [-0.2, -0.15) is 0 Å². The number of amides is 1. The highest BCUT2D eigenvalue weighted by molar-refractivity contribution is 6.00. The van der Waals surface area contributed by atoms with Crippen LogP contribution >= 0.6 is 0 Å². The van der Waals surface area contributed by atoms with Crippen molar-refractivity contribution in [1.29, 1.82) is 0 Å². The summed E-state index contributed by atoms with van der Waals surface area (Å²) < 4.78 is 11.0. The minimum atomic E-state index is -0.667. The van der Waals surface area contributed by atoms with E-state index in [9.17, 15) is 4.79 Å². The Morgan fingerprint density at radius 1 is 1.28 bits per heavy atom. The molecular weight excluding hydrogens is 232 g/mol. The minimum absolute atomic E-state index is 0.123. The lowest BCUT2D eigenvalue weighted by Gasteiger charge is -2.21. The summed E-state index contributed by atoms with van der Waals surface area (Å²) in [6, 6.07) is 3.67. The molecule has 0 spiro atoms. The van der Waals surface area contributed by atoms with Crippen molar-refractivity contribution in [3.8, 4) is 11.5 Å². The molecule has 1 heterocycles. The SMILES string of the molecule is Cc1cc2c(cc1NC(=O)C1(N)CC1)OCCO2. The van der Waals surface area contributed by atoms with Crippen molar-refractivity contribution in [2.45, 2.75) is 25.3 Å². The summed E-state index contributed by atoms with van der Waals surface area (Å²) in [5.74, 6) is 1.27. The van der Waals surface area contributed by atoms with E-state index in [0.29, 0.717) is 19.0 Å². The number of aryl methyl sites for hydroxylation is 1. The molecule has 5 nitrogen and oxygen atoms in total. The van der Waals surface area contributed by atoms with Crippen molar-refractivity contribution in [1.82, 2.24) is 0 Å². The Bertz CT molecular complexity index is 509. The third kappa shape index (κ3) is 1.90. The molecule has 1 aliphatic heterocycles. The summed E-state index contributed by atoms with van der Waals surface area (Å²) in [4.78, 5) is 11.9. The molecule has 0 bridgehead atoms. The number of carbonyl (C=O) groups excluding carboxylic acids is 1. The van der Waals surface area contributed by atoms with Gasteiger partial charge in [-0.1, -0.05) is 0 Å². The zero-order valence-electron chi connectivity index (χ0n) is 10.3. The quantitative estimate of drug-likeness (QED) is 0.824. The normalized spacial score (nSPS) is 19.2. The van der Waals surface area contributed by atoms with Crippen LogP contribution in [0.5, 0.6) is 11.5 Å². The number of hydrogen-bond donors (Lipinski definition) is 2. The fourth-order valence-electron chi connectivity index (χ4n) is 1.93. The van der Waals surface area contributed by atoms with E-state index >= 15 is 0 Å². The molecular formula is C13H16N2O3. The fraction of sp³-hybridized carbons (Fsp3) is 0.462. The third-order valence-electron chi connectivity index (χ3n) is 3.38. The number of hydrogen-bond acceptors (Lipinski definition) is 4. The lowest BCUT2D eigenvalue weighted by Crippen LogP contribution is -2.38. The van der Waals surface area contributed by atoms with E-state index in [2.05, 4.69) is 5.32 Å². The van der Waals surface area contributed by atoms with Crippen LogP contribution in [-0.2, 0) is 4.79 Å². The van der Waals surface area contributed by atoms with Gasteiger partial charge in [0.2, 0.25) is 5.91 Å². The molecule has 1 amide bonds. The van der Waals surface area contributed by atoms with Crippen molar-refractivity contribution >= 4 is 11.6 Å². The maximum Gasteiger partial charge on any atom is 0.244 e. The summed E-state index contributed by atoms with van der Waals surface area (Å²) >= 11 is 0. The molecule has 3 N–H and O–H groups in total. The van der Waals surface area contributed by atoms with Crippen molar-refractivity contribution < 1.29 is 14.3 Å². The number of rotatable bonds is 2. The summed E-state index contributed by atoms with van der Waals surface area (Å²) in [6.07, 6.45) is 1.50. The van der Waals surface area contributed by atoms with Gasteiger partial charge in [-0.15, -0.1) is 0 Å². The van der Waals surface area contributed by atoms with E-state index in [1.165, 1.54) is 0 Å². The predicted octanol–water partition coefficient (Wildman–Crippen LogP) is 1.20. The Balaban J connectivity index is 1.85. The number of carbonyl (C=O) groups is 1. The van der Waals surface area contributed by atoms with Gasteiger partial charge in [-0.3, -0.25) is 4.79 Å². The second kappa shape index (κ2) is 3.88. The van der Waals surface area contributed by atoms with Crippen molar-refractivity contribution in [2.75, 3.05) is 18.5 Å². The second-order valence-corrected chi connectivity index (χ2v) is 4.92. The fourth-order valence-corrected chi connectivity index (χ4v) is 1.93. The first-order chi connectivity index (χ1) is 8.58. The molecule has 1 saturated carbocycles. The number of nitrogens with one attached hydrogen (secondary N) is 1. The third-order valence-corrected chi connectivity index (χ3v) is 3.38. The molecule has 1 aliphatic carbocycles. The van der Waals surface area contributed by atoms with Crippen LogP contribution in [0.2, 0.25) is 0 Å². The van der Waals surface area contributed by atoms with Gasteiger partial charge in [0.05, 0.1) is 5.54 Å². The average molecular weight is 248 g/mol. The van der Waals surface area contributed by atoms with Gasteiger partial charge in [-0.05, 0) is 31.4 Å². The first-order valence-electron chi connectivity index (χ1n) is 6.09. The minimum Gasteiger partial charge on any atom is -0.486 e. The van der Waals surface area contributed by atoms with Gasteiger partial charge in [0, 0.05) is 11.8 Å². The van der Waals surface area contributed by atoms with E-state index in [4.69, 9.17) is 15.2 Å². The molecule has 96 valence electrons. The molecule has 0 unspecified atom stereocenters. The molecule has 1 fully saturated rings. The van der Waals surface area contributed by atoms with E-state index in [1.807, 2.05) is 13.0 Å². The largest absolute Gasteiger partial charge is 0.486 e. The zero-order chi connectivity index (χ0) is 12.8. The first-order valence-corrected chi connectivity index (χ1v) is 6.09. The van der Waals surface area contributed by atoms with Gasteiger partial charge in [0.25, 0.3) is 0 Å². The average Bonchev–Trinajstić information content (AvgIpc) is 3.10. The highest BCUT2D eigenvalue weighted by Crippen LogP contribution is 2.37. The molecule has 1 aromatic carbocycles. The molecule has 0 saturated heterocycles. The molecule has 0 atom stereocenters. The molecule has 5 heteroatoms. The summed E-state index contributed by atoms with van der Waals surface area (Å²) in [5, 5.41) is 2.86. The maximum absolute atomic E-state index is 11.9. The van der Waals surface area contributed by atoms with Crippen LogP contribution in [0.25, 0.3) is 0 Å². The zero-order valence-corrected chi connectivity index (χ0v) is 10.3. The van der Waals surface area contributed by atoms with Crippen LogP contribution in [0.3, 0.4) is 0 Å². The number of fused-ring (bicyclic) bond motifs is 1. The number of benzene rings is 1. The summed E-state index contributed by atoms with van der Waals surface area (Å²) in [7, 11) is 0. The highest BCUT2D eigenvalue weighted by Gasteiger charge is 2.46. The number of nitrogens with two attached hydrogens (primary N) is 1. The van der Waals surface area contributed by atoms with Crippen molar-refractivity contribution in [3.05, 3.63) is 17.7 Å². The Labute approximate surface area is 105 Å². The van der Waals surface area contributed by atoms with Crippen LogP contribution in [0.4, 0.5) is 5.69 Å². The smallest absolute Gasteiger partial charge is 0.244 e. The molecule has 0 aromatic heterocycles. The Kier molecular flexibility index (Phi) is 2.45.